The molecular formula is C18H23N5O4. The van der Waals surface area contributed by atoms with Gasteiger partial charge in [-0.15, -0.1) is 0 Å². The zero-order valence-electron chi connectivity index (χ0n) is 15.9. The van der Waals surface area contributed by atoms with E-state index in [1.54, 1.807) is 38.2 Å². The predicted octanol–water partition coefficient (Wildman–Crippen LogP) is 3.18. The second kappa shape index (κ2) is 8.93. The minimum atomic E-state index is -0.537. The topological polar surface area (TPSA) is 102 Å². The van der Waals surface area contributed by atoms with Crippen LogP contribution in [0, 0.1) is 10.1 Å². The van der Waals surface area contributed by atoms with Gasteiger partial charge in [0, 0.05) is 20.1 Å². The summed E-state index contributed by atoms with van der Waals surface area (Å²) in [6, 6.07) is 6.75. The largest absolute Gasteiger partial charge is 0.462 e. The molecule has 9 nitrogen and oxygen atoms in total. The maximum atomic E-state index is 12.3. The zero-order chi connectivity index (χ0) is 20.0. The Kier molecular flexibility index (Phi) is 6.64. The molecule has 0 unspecified atom stereocenters. The first kappa shape index (κ1) is 20.1. The molecule has 1 aromatic heterocycles. The summed E-state index contributed by atoms with van der Waals surface area (Å²) in [6.07, 6.45) is 1.19. The van der Waals surface area contributed by atoms with Crippen LogP contribution in [0.3, 0.4) is 0 Å². The van der Waals surface area contributed by atoms with Gasteiger partial charge in [-0.1, -0.05) is 12.1 Å². The van der Waals surface area contributed by atoms with Gasteiger partial charge in [-0.05, 0) is 32.9 Å². The quantitative estimate of drug-likeness (QED) is 0.395. The second-order valence-corrected chi connectivity index (χ2v) is 5.60. The maximum absolute atomic E-state index is 12.3. The maximum Gasteiger partial charge on any atom is 0.340 e. The van der Waals surface area contributed by atoms with Gasteiger partial charge in [-0.25, -0.2) is 9.78 Å². The van der Waals surface area contributed by atoms with E-state index < -0.39 is 10.9 Å². The van der Waals surface area contributed by atoms with E-state index in [1.807, 2.05) is 18.7 Å². The Morgan fingerprint density at radius 1 is 1.22 bits per heavy atom. The van der Waals surface area contributed by atoms with Crippen LogP contribution in [-0.4, -0.2) is 47.6 Å². The molecule has 0 saturated heterocycles. The molecule has 0 saturated carbocycles. The molecule has 0 amide bonds. The normalized spacial score (nSPS) is 10.4. The van der Waals surface area contributed by atoms with Gasteiger partial charge in [-0.3, -0.25) is 10.1 Å². The fourth-order valence-corrected chi connectivity index (χ4v) is 2.65. The number of aromatic nitrogens is 2. The van der Waals surface area contributed by atoms with Gasteiger partial charge in [-0.2, -0.15) is 4.98 Å². The lowest BCUT2D eigenvalue weighted by Crippen LogP contribution is -2.26. The van der Waals surface area contributed by atoms with Gasteiger partial charge >= 0.3 is 11.7 Å². The molecule has 0 spiro atoms. The van der Waals surface area contributed by atoms with E-state index in [0.717, 1.165) is 0 Å². The third-order valence-electron chi connectivity index (χ3n) is 4.06. The number of hydrogen-bond donors (Lipinski definition) is 0. The van der Waals surface area contributed by atoms with Gasteiger partial charge in [0.05, 0.1) is 22.8 Å². The molecule has 1 heterocycles. The number of ether oxygens (including phenoxy) is 1. The fourth-order valence-electron chi connectivity index (χ4n) is 2.65. The van der Waals surface area contributed by atoms with Gasteiger partial charge in [0.2, 0.25) is 11.8 Å². The standard InChI is InChI=1S/C18H23N5O4/c1-5-22(6-2)18-19-12-15(23(25)26)16(20-18)21(4)14-11-9-8-10-13(14)17(24)27-7-3/h8-12H,5-7H2,1-4H3. The molecule has 2 aromatic rings. The van der Waals surface area contributed by atoms with Gasteiger partial charge in [0.1, 0.15) is 6.20 Å². The van der Waals surface area contributed by atoms with Crippen molar-refractivity contribution in [3.05, 3.63) is 46.1 Å². The van der Waals surface area contributed by atoms with Crippen LogP contribution in [0.15, 0.2) is 30.5 Å². The van der Waals surface area contributed by atoms with E-state index in [9.17, 15) is 14.9 Å². The molecule has 0 aliphatic carbocycles. The van der Waals surface area contributed by atoms with Gasteiger partial charge in [0.25, 0.3) is 0 Å². The number of benzene rings is 1. The fraction of sp³-hybridized carbons (Fsp3) is 0.389. The van der Waals surface area contributed by atoms with Crippen molar-refractivity contribution in [1.82, 2.24) is 9.97 Å². The summed E-state index contributed by atoms with van der Waals surface area (Å²) in [7, 11) is 1.62. The van der Waals surface area contributed by atoms with E-state index in [0.29, 0.717) is 30.3 Å². The minimum absolute atomic E-state index is 0.105. The Balaban J connectivity index is 2.58. The number of carbonyl (C=O) groups excluding carboxylic acids is 1. The van der Waals surface area contributed by atoms with Crippen molar-refractivity contribution >= 4 is 29.1 Å². The van der Waals surface area contributed by atoms with Crippen LogP contribution in [0.25, 0.3) is 0 Å². The average Bonchev–Trinajstić information content (AvgIpc) is 2.68. The SMILES string of the molecule is CCOC(=O)c1ccccc1N(C)c1nc(N(CC)CC)ncc1[N+](=O)[O-]. The number of carbonyl (C=O) groups is 1. The molecule has 0 aliphatic rings. The highest BCUT2D eigenvalue weighted by Crippen LogP contribution is 2.33. The van der Waals surface area contributed by atoms with Crippen LogP contribution < -0.4 is 9.80 Å². The first-order chi connectivity index (χ1) is 12.9. The summed E-state index contributed by atoms with van der Waals surface area (Å²) in [5.74, 6) is -0.00431. The first-order valence-electron chi connectivity index (χ1n) is 8.70. The number of rotatable bonds is 8. The van der Waals surface area contributed by atoms with E-state index >= 15 is 0 Å². The monoisotopic (exact) mass is 373 g/mol. The highest BCUT2D eigenvalue weighted by molar-refractivity contribution is 5.97. The summed E-state index contributed by atoms with van der Waals surface area (Å²) >= 11 is 0. The van der Waals surface area contributed by atoms with Crippen molar-refractivity contribution in [1.29, 1.82) is 0 Å². The minimum Gasteiger partial charge on any atom is -0.462 e. The highest BCUT2D eigenvalue weighted by Gasteiger charge is 2.25. The lowest BCUT2D eigenvalue weighted by Gasteiger charge is -2.23. The van der Waals surface area contributed by atoms with Crippen LogP contribution in [0.5, 0.6) is 0 Å². The number of hydrogen-bond acceptors (Lipinski definition) is 8. The molecule has 9 heteroatoms. The predicted molar refractivity (Wildman–Crippen MR) is 103 cm³/mol. The molecule has 0 radical (unpaired) electrons. The van der Waals surface area contributed by atoms with Crippen molar-refractivity contribution in [3.8, 4) is 0 Å². The number of esters is 1. The van der Waals surface area contributed by atoms with Crippen LogP contribution >= 0.6 is 0 Å². The molecule has 2 rings (SSSR count). The second-order valence-electron chi connectivity index (χ2n) is 5.60. The molecule has 27 heavy (non-hydrogen) atoms. The summed E-state index contributed by atoms with van der Waals surface area (Å²) in [6.45, 7) is 7.18. The molecule has 1 aromatic carbocycles. The van der Waals surface area contributed by atoms with Gasteiger partial charge in [0.15, 0.2) is 0 Å². The third kappa shape index (κ3) is 4.30. The van der Waals surface area contributed by atoms with E-state index in [2.05, 4.69) is 9.97 Å². The van der Waals surface area contributed by atoms with E-state index in [4.69, 9.17) is 4.74 Å². The van der Waals surface area contributed by atoms with Crippen molar-refractivity contribution < 1.29 is 14.5 Å². The smallest absolute Gasteiger partial charge is 0.340 e. The Hall–Kier alpha value is -3.23. The molecule has 0 fully saturated rings. The molecule has 0 bridgehead atoms. The number of nitrogens with zero attached hydrogens (tertiary/aromatic N) is 5. The van der Waals surface area contributed by atoms with Crippen LogP contribution in [0.1, 0.15) is 31.1 Å². The summed E-state index contributed by atoms with van der Waals surface area (Å²) in [5, 5.41) is 11.5. The molecular weight excluding hydrogens is 350 g/mol. The summed E-state index contributed by atoms with van der Waals surface area (Å²) in [5.41, 5.74) is 0.523. The Labute approximate surface area is 157 Å². The Morgan fingerprint density at radius 3 is 2.48 bits per heavy atom. The van der Waals surface area contributed by atoms with Crippen molar-refractivity contribution in [2.24, 2.45) is 0 Å². The van der Waals surface area contributed by atoms with Gasteiger partial charge < -0.3 is 14.5 Å². The number of nitro groups is 1. The van der Waals surface area contributed by atoms with Crippen molar-refractivity contribution in [2.45, 2.75) is 20.8 Å². The average molecular weight is 373 g/mol. The molecule has 0 aliphatic heterocycles. The highest BCUT2D eigenvalue weighted by atomic mass is 16.6. The Bertz CT molecular complexity index is 823. The van der Waals surface area contributed by atoms with E-state index in [1.165, 1.54) is 11.1 Å². The van der Waals surface area contributed by atoms with E-state index in [-0.39, 0.29) is 18.1 Å². The molecule has 144 valence electrons. The number of para-hydroxylation sites is 1. The molecule has 0 atom stereocenters. The van der Waals surface area contributed by atoms with Crippen LogP contribution in [0.2, 0.25) is 0 Å². The lowest BCUT2D eigenvalue weighted by molar-refractivity contribution is -0.384. The van der Waals surface area contributed by atoms with Crippen molar-refractivity contribution in [2.75, 3.05) is 36.5 Å². The third-order valence-corrected chi connectivity index (χ3v) is 4.06. The molecule has 0 N–H and O–H groups in total. The summed E-state index contributed by atoms with van der Waals surface area (Å²) < 4.78 is 5.09. The summed E-state index contributed by atoms with van der Waals surface area (Å²) in [4.78, 5) is 35.1. The number of anilines is 3. The van der Waals surface area contributed by atoms with Crippen LogP contribution in [0.4, 0.5) is 23.1 Å². The van der Waals surface area contributed by atoms with Crippen molar-refractivity contribution in [3.63, 3.8) is 0 Å². The zero-order valence-corrected chi connectivity index (χ0v) is 15.9. The first-order valence-corrected chi connectivity index (χ1v) is 8.70. The Morgan fingerprint density at radius 2 is 1.89 bits per heavy atom. The lowest BCUT2D eigenvalue weighted by atomic mass is 10.1. The van der Waals surface area contributed by atoms with Crippen LogP contribution in [-0.2, 0) is 4.74 Å².